The van der Waals surface area contributed by atoms with Crippen LogP contribution in [0.1, 0.15) is 24.6 Å². The molecule has 1 fully saturated rings. The molecule has 2 heterocycles. The predicted molar refractivity (Wildman–Crippen MR) is 75.9 cm³/mol. The summed E-state index contributed by atoms with van der Waals surface area (Å²) in [5, 5.41) is 7.29. The monoisotopic (exact) mass is 289 g/mol. The number of benzene rings is 1. The first kappa shape index (κ1) is 14.0. The van der Waals surface area contributed by atoms with Gasteiger partial charge >= 0.3 is 0 Å². The highest BCUT2D eigenvalue weighted by atomic mass is 16.5. The van der Waals surface area contributed by atoms with Crippen LogP contribution in [0.25, 0.3) is 0 Å². The number of nitrogens with one attached hydrogen (secondary N) is 1. The Morgan fingerprint density at radius 3 is 2.71 bits per heavy atom. The zero-order valence-corrected chi connectivity index (χ0v) is 12.0. The van der Waals surface area contributed by atoms with Gasteiger partial charge in [0.2, 0.25) is 5.82 Å². The second-order valence-corrected chi connectivity index (χ2v) is 5.07. The van der Waals surface area contributed by atoms with E-state index in [9.17, 15) is 0 Å². The smallest absolute Gasteiger partial charge is 0.259 e. The van der Waals surface area contributed by atoms with Gasteiger partial charge in [-0.3, -0.25) is 0 Å². The summed E-state index contributed by atoms with van der Waals surface area (Å²) >= 11 is 0. The van der Waals surface area contributed by atoms with E-state index in [0.717, 1.165) is 31.7 Å². The SMILES string of the molecule is COC1(c2nc(COc3ccccc3)no2)CCNCC1. The minimum Gasteiger partial charge on any atom is -0.485 e. The minimum atomic E-state index is -0.469. The van der Waals surface area contributed by atoms with Crippen molar-refractivity contribution >= 4 is 0 Å². The van der Waals surface area contributed by atoms with Crippen LogP contribution in [0.5, 0.6) is 5.75 Å². The predicted octanol–water partition coefficient (Wildman–Crippen LogP) is 1.87. The highest BCUT2D eigenvalue weighted by Crippen LogP contribution is 2.32. The van der Waals surface area contributed by atoms with E-state index in [4.69, 9.17) is 14.0 Å². The fraction of sp³-hybridized carbons (Fsp3) is 0.467. The molecular weight excluding hydrogens is 270 g/mol. The van der Waals surface area contributed by atoms with Crippen molar-refractivity contribution in [3.63, 3.8) is 0 Å². The number of methoxy groups -OCH3 is 1. The molecule has 1 aliphatic rings. The Morgan fingerprint density at radius 2 is 2.00 bits per heavy atom. The first-order chi connectivity index (χ1) is 10.3. The fourth-order valence-electron chi connectivity index (χ4n) is 2.50. The van der Waals surface area contributed by atoms with Crippen molar-refractivity contribution in [2.75, 3.05) is 20.2 Å². The van der Waals surface area contributed by atoms with Crippen molar-refractivity contribution < 1.29 is 14.0 Å². The molecule has 0 saturated carbocycles. The average Bonchev–Trinajstić information content (AvgIpc) is 3.04. The van der Waals surface area contributed by atoms with Crippen LogP contribution in [0.2, 0.25) is 0 Å². The van der Waals surface area contributed by atoms with Crippen LogP contribution in [-0.4, -0.2) is 30.3 Å². The highest BCUT2D eigenvalue weighted by Gasteiger charge is 2.39. The van der Waals surface area contributed by atoms with Crippen molar-refractivity contribution in [3.05, 3.63) is 42.0 Å². The number of rotatable bonds is 5. The van der Waals surface area contributed by atoms with Crippen molar-refractivity contribution in [2.24, 2.45) is 0 Å². The van der Waals surface area contributed by atoms with Crippen LogP contribution < -0.4 is 10.1 Å². The van der Waals surface area contributed by atoms with Gasteiger partial charge in [0.25, 0.3) is 5.89 Å². The molecule has 0 aliphatic carbocycles. The van der Waals surface area contributed by atoms with Gasteiger partial charge in [0.15, 0.2) is 6.61 Å². The van der Waals surface area contributed by atoms with Crippen LogP contribution in [-0.2, 0) is 16.9 Å². The maximum Gasteiger partial charge on any atom is 0.259 e. The molecule has 21 heavy (non-hydrogen) atoms. The first-order valence-corrected chi connectivity index (χ1v) is 7.09. The molecule has 6 heteroatoms. The van der Waals surface area contributed by atoms with Gasteiger partial charge in [-0.2, -0.15) is 4.98 Å². The van der Waals surface area contributed by atoms with Crippen LogP contribution in [0, 0.1) is 0 Å². The van der Waals surface area contributed by atoms with Crippen LogP contribution in [0.15, 0.2) is 34.9 Å². The van der Waals surface area contributed by atoms with Gasteiger partial charge in [-0.15, -0.1) is 0 Å². The van der Waals surface area contributed by atoms with Crippen LogP contribution in [0.3, 0.4) is 0 Å². The number of aromatic nitrogens is 2. The molecular formula is C15H19N3O3. The molecule has 0 bridgehead atoms. The van der Waals surface area contributed by atoms with E-state index in [0.29, 0.717) is 11.7 Å². The molecule has 0 atom stereocenters. The Bertz CT molecular complexity index is 565. The average molecular weight is 289 g/mol. The molecule has 1 saturated heterocycles. The van der Waals surface area contributed by atoms with Crippen LogP contribution >= 0.6 is 0 Å². The fourth-order valence-corrected chi connectivity index (χ4v) is 2.50. The third-order valence-corrected chi connectivity index (χ3v) is 3.77. The van der Waals surface area contributed by atoms with E-state index >= 15 is 0 Å². The van der Waals surface area contributed by atoms with Crippen molar-refractivity contribution in [1.29, 1.82) is 0 Å². The molecule has 2 aromatic rings. The number of hydrogen-bond donors (Lipinski definition) is 1. The van der Waals surface area contributed by atoms with E-state index in [1.54, 1.807) is 7.11 Å². The number of hydrogen-bond acceptors (Lipinski definition) is 6. The first-order valence-electron chi connectivity index (χ1n) is 7.09. The quantitative estimate of drug-likeness (QED) is 0.906. The number of piperidine rings is 1. The van der Waals surface area contributed by atoms with Gasteiger partial charge in [-0.25, -0.2) is 0 Å². The van der Waals surface area contributed by atoms with Crippen molar-refractivity contribution in [3.8, 4) is 5.75 Å². The van der Waals surface area contributed by atoms with Crippen LogP contribution in [0.4, 0.5) is 0 Å². The summed E-state index contributed by atoms with van der Waals surface area (Å²) in [5.74, 6) is 1.86. The Kier molecular flexibility index (Phi) is 4.17. The number of nitrogens with zero attached hydrogens (tertiary/aromatic N) is 2. The van der Waals surface area contributed by atoms with Gasteiger partial charge in [0, 0.05) is 7.11 Å². The maximum atomic E-state index is 5.66. The van der Waals surface area contributed by atoms with Gasteiger partial charge in [0.1, 0.15) is 11.4 Å². The Labute approximate surface area is 123 Å². The third-order valence-electron chi connectivity index (χ3n) is 3.77. The molecule has 1 aliphatic heterocycles. The highest BCUT2D eigenvalue weighted by molar-refractivity contribution is 5.21. The molecule has 0 unspecified atom stereocenters. The van der Waals surface area contributed by atoms with Gasteiger partial charge in [-0.1, -0.05) is 23.4 Å². The lowest BCUT2D eigenvalue weighted by Gasteiger charge is -2.32. The zero-order valence-electron chi connectivity index (χ0n) is 12.0. The standard InChI is InChI=1S/C15H19N3O3/c1-19-15(7-9-16-10-8-15)14-17-13(18-21-14)11-20-12-5-3-2-4-6-12/h2-6,16H,7-11H2,1H3. The van der Waals surface area contributed by atoms with Gasteiger partial charge in [0.05, 0.1) is 0 Å². The summed E-state index contributed by atoms with van der Waals surface area (Å²) in [5.41, 5.74) is -0.469. The van der Waals surface area contributed by atoms with E-state index in [1.807, 2.05) is 30.3 Å². The van der Waals surface area contributed by atoms with Crippen molar-refractivity contribution in [1.82, 2.24) is 15.5 Å². The van der Waals surface area contributed by atoms with E-state index in [2.05, 4.69) is 15.5 Å². The maximum absolute atomic E-state index is 5.66. The van der Waals surface area contributed by atoms with Crippen molar-refractivity contribution in [2.45, 2.75) is 25.0 Å². The Hall–Kier alpha value is -1.92. The lowest BCUT2D eigenvalue weighted by atomic mass is 9.92. The third kappa shape index (κ3) is 3.06. The van der Waals surface area contributed by atoms with Gasteiger partial charge in [-0.05, 0) is 38.1 Å². The summed E-state index contributed by atoms with van der Waals surface area (Å²) < 4.78 is 16.7. The molecule has 6 nitrogen and oxygen atoms in total. The summed E-state index contributed by atoms with van der Waals surface area (Å²) in [6.07, 6.45) is 1.65. The van der Waals surface area contributed by atoms with E-state index in [-0.39, 0.29) is 6.61 Å². The van der Waals surface area contributed by atoms with E-state index in [1.165, 1.54) is 0 Å². The zero-order chi connectivity index (χ0) is 14.5. The summed E-state index contributed by atoms with van der Waals surface area (Å²) in [4.78, 5) is 4.44. The summed E-state index contributed by atoms with van der Waals surface area (Å²) in [6.45, 7) is 2.05. The molecule has 1 aromatic heterocycles. The second kappa shape index (κ2) is 6.24. The van der Waals surface area contributed by atoms with E-state index < -0.39 is 5.60 Å². The second-order valence-electron chi connectivity index (χ2n) is 5.07. The molecule has 1 aromatic carbocycles. The molecule has 1 N–H and O–H groups in total. The molecule has 112 valence electrons. The number of para-hydroxylation sites is 1. The lowest BCUT2D eigenvalue weighted by Crippen LogP contribution is -2.41. The molecule has 0 spiro atoms. The molecule has 0 amide bonds. The van der Waals surface area contributed by atoms with Gasteiger partial charge < -0.3 is 19.3 Å². The molecule has 3 rings (SSSR count). The summed E-state index contributed by atoms with van der Waals surface area (Å²) in [6, 6.07) is 9.57. The summed E-state index contributed by atoms with van der Waals surface area (Å²) in [7, 11) is 1.69. The minimum absolute atomic E-state index is 0.283. The topological polar surface area (TPSA) is 69.4 Å². The number of ether oxygens (including phenoxy) is 2. The largest absolute Gasteiger partial charge is 0.485 e. The molecule has 0 radical (unpaired) electrons. The lowest BCUT2D eigenvalue weighted by molar-refractivity contribution is -0.0622. The normalized spacial score (nSPS) is 17.6. The Balaban J connectivity index is 1.68. The Morgan fingerprint density at radius 1 is 1.24 bits per heavy atom.